The number of nitrogens with one attached hydrogen (secondary N) is 3. The van der Waals surface area contributed by atoms with E-state index in [9.17, 15) is 29.1 Å². The normalized spacial score (nSPS) is 28.6. The maximum absolute atomic E-state index is 14.7. The van der Waals surface area contributed by atoms with Crippen LogP contribution in [-0.4, -0.2) is 95.4 Å². The number of aliphatic carboxylic acids is 1. The van der Waals surface area contributed by atoms with Gasteiger partial charge in [0.15, 0.2) is 0 Å². The van der Waals surface area contributed by atoms with Crippen LogP contribution < -0.4 is 16.0 Å². The van der Waals surface area contributed by atoms with Crippen LogP contribution in [0.15, 0.2) is 0 Å². The summed E-state index contributed by atoms with van der Waals surface area (Å²) >= 11 is 0. The van der Waals surface area contributed by atoms with Crippen LogP contribution in [0, 0.1) is 33.0 Å². The van der Waals surface area contributed by atoms with Crippen LogP contribution >= 0.6 is 0 Å². The summed E-state index contributed by atoms with van der Waals surface area (Å²) in [7, 11) is 1.99. The largest absolute Gasteiger partial charge is 0.480 e. The molecule has 11 heteroatoms. The van der Waals surface area contributed by atoms with Gasteiger partial charge in [-0.05, 0) is 73.8 Å². The smallest absolute Gasteiger partial charge is 0.326 e. The van der Waals surface area contributed by atoms with E-state index in [1.54, 1.807) is 4.90 Å². The van der Waals surface area contributed by atoms with Gasteiger partial charge in [0.25, 0.3) is 0 Å². The van der Waals surface area contributed by atoms with E-state index in [0.29, 0.717) is 32.4 Å². The van der Waals surface area contributed by atoms with Crippen LogP contribution in [0.5, 0.6) is 0 Å². The van der Waals surface area contributed by atoms with Gasteiger partial charge in [-0.1, -0.05) is 75.2 Å². The summed E-state index contributed by atoms with van der Waals surface area (Å²) in [6.45, 7) is 19.6. The zero-order valence-electron chi connectivity index (χ0n) is 30.5. The fourth-order valence-electron chi connectivity index (χ4n) is 9.23. The van der Waals surface area contributed by atoms with E-state index in [1.165, 1.54) is 0 Å². The predicted octanol–water partition coefficient (Wildman–Crippen LogP) is 3.56. The van der Waals surface area contributed by atoms with Crippen molar-refractivity contribution in [1.29, 1.82) is 0 Å². The Balaban J connectivity index is 1.61. The molecule has 2 saturated heterocycles. The van der Waals surface area contributed by atoms with Gasteiger partial charge in [0.1, 0.15) is 24.2 Å². The molecule has 0 aromatic heterocycles. The second-order valence-electron chi connectivity index (χ2n) is 17.7. The van der Waals surface area contributed by atoms with Crippen molar-refractivity contribution < 1.29 is 29.1 Å². The highest BCUT2D eigenvalue weighted by Crippen LogP contribution is 2.88. The third-order valence-corrected chi connectivity index (χ3v) is 12.4. The van der Waals surface area contributed by atoms with E-state index in [1.807, 2.05) is 55.5 Å². The summed E-state index contributed by atoms with van der Waals surface area (Å²) in [4.78, 5) is 71.9. The Morgan fingerprint density at radius 1 is 0.872 bits per heavy atom. The summed E-state index contributed by atoms with van der Waals surface area (Å²) in [5.74, 6) is -2.71. The molecule has 2 heterocycles. The molecule has 2 saturated carbocycles. The van der Waals surface area contributed by atoms with Crippen molar-refractivity contribution >= 4 is 29.6 Å². The molecule has 4 aliphatic rings. The first-order valence-corrected chi connectivity index (χ1v) is 17.8. The molecule has 4 amide bonds. The number of rotatable bonds is 10. The lowest BCUT2D eigenvalue weighted by atomic mass is 9.73. The van der Waals surface area contributed by atoms with E-state index < -0.39 is 52.8 Å². The molecule has 0 bridgehead atoms. The molecule has 0 unspecified atom stereocenters. The zero-order valence-corrected chi connectivity index (χ0v) is 30.5. The lowest BCUT2D eigenvalue weighted by molar-refractivity contribution is -0.146. The maximum atomic E-state index is 14.7. The molecule has 4 rings (SSSR count). The van der Waals surface area contributed by atoms with Crippen molar-refractivity contribution in [2.45, 2.75) is 138 Å². The molecule has 11 nitrogen and oxygen atoms in total. The third-order valence-electron chi connectivity index (χ3n) is 12.4. The average Bonchev–Trinajstić information content (AvgIpc) is 3.16. The van der Waals surface area contributed by atoms with E-state index in [0.717, 1.165) is 38.6 Å². The molecular formula is C36H61N5O6. The summed E-state index contributed by atoms with van der Waals surface area (Å²) in [6, 6.07) is -3.74. The number of carboxylic acids is 1. The number of fused-ring (bicyclic) bond motifs is 1. The standard InChI is InChI=1S/C36H61N5O6/c1-11-14-23(31(46)47)37-28(43)24-19-36(34(8,9)35(36)16-13-17-35)21-41(24)30(45)26(33(5,6)7)39-29(44)25(32(2,3)4)38-27(42)22-15-12-18-40(10)20-22/h22-26H,11-21H2,1-10H3,(H,37,43)(H,38,42)(H,39,44)(H,46,47)/t22-,23+,24-,25+,26-,36-/m0/s1. The van der Waals surface area contributed by atoms with Gasteiger partial charge in [-0.2, -0.15) is 0 Å². The Labute approximate surface area is 281 Å². The summed E-state index contributed by atoms with van der Waals surface area (Å²) in [5, 5.41) is 18.6. The van der Waals surface area contributed by atoms with Gasteiger partial charge in [0.2, 0.25) is 23.6 Å². The SMILES string of the molecule is CCC[C@@H](NC(=O)[C@@H]1C[C@]2(CN1C(=O)[C@H](NC(=O)[C@@H](NC(=O)[C@H]1CCCN(C)C1)C(C)(C)C)C(C)(C)C)C(C)(C)C21CCC1)C(=O)O. The van der Waals surface area contributed by atoms with Gasteiger partial charge in [-0.3, -0.25) is 19.2 Å². The number of nitrogens with zero attached hydrogens (tertiary/aromatic N) is 2. The molecule has 2 spiro atoms. The van der Waals surface area contributed by atoms with E-state index in [-0.39, 0.29) is 34.0 Å². The fraction of sp³-hybridized carbons (Fsp3) is 0.861. The first-order chi connectivity index (χ1) is 21.6. The molecule has 0 radical (unpaired) electrons. The highest BCUT2D eigenvalue weighted by atomic mass is 16.4. The number of hydrogen-bond acceptors (Lipinski definition) is 6. The zero-order chi connectivity index (χ0) is 35.3. The van der Waals surface area contributed by atoms with Gasteiger partial charge in [-0.15, -0.1) is 0 Å². The van der Waals surface area contributed by atoms with E-state index >= 15 is 0 Å². The molecule has 266 valence electrons. The first kappa shape index (κ1) is 37.1. The molecule has 0 aromatic rings. The van der Waals surface area contributed by atoms with Crippen LogP contribution in [0.1, 0.15) is 114 Å². The monoisotopic (exact) mass is 659 g/mol. The van der Waals surface area contributed by atoms with Crippen LogP contribution in [-0.2, 0) is 24.0 Å². The molecule has 2 aliphatic carbocycles. The Bertz CT molecular complexity index is 1250. The molecule has 4 N–H and O–H groups in total. The Kier molecular flexibility index (Phi) is 10.2. The summed E-state index contributed by atoms with van der Waals surface area (Å²) in [6.07, 6.45) is 6.24. The van der Waals surface area contributed by atoms with Crippen molar-refractivity contribution in [3.63, 3.8) is 0 Å². The minimum absolute atomic E-state index is 0.0540. The second-order valence-corrected chi connectivity index (χ2v) is 17.7. The van der Waals surface area contributed by atoms with Crippen LogP contribution in [0.25, 0.3) is 0 Å². The minimum Gasteiger partial charge on any atom is -0.480 e. The molecule has 47 heavy (non-hydrogen) atoms. The van der Waals surface area contributed by atoms with Crippen LogP contribution in [0.2, 0.25) is 0 Å². The van der Waals surface area contributed by atoms with Crippen molar-refractivity contribution in [2.24, 2.45) is 33.0 Å². The topological polar surface area (TPSA) is 148 Å². The highest BCUT2D eigenvalue weighted by Gasteiger charge is 2.85. The van der Waals surface area contributed by atoms with Gasteiger partial charge in [-0.25, -0.2) is 4.79 Å². The van der Waals surface area contributed by atoms with E-state index in [2.05, 4.69) is 34.7 Å². The Morgan fingerprint density at radius 3 is 1.96 bits per heavy atom. The number of carbonyl (C=O) groups is 5. The molecule has 2 aliphatic heterocycles. The maximum Gasteiger partial charge on any atom is 0.326 e. The van der Waals surface area contributed by atoms with Gasteiger partial charge >= 0.3 is 5.97 Å². The number of carbonyl (C=O) groups excluding carboxylic acids is 4. The van der Waals surface area contributed by atoms with E-state index in [4.69, 9.17) is 0 Å². The van der Waals surface area contributed by atoms with Crippen LogP contribution in [0.3, 0.4) is 0 Å². The first-order valence-electron chi connectivity index (χ1n) is 17.8. The Morgan fingerprint density at radius 2 is 1.49 bits per heavy atom. The van der Waals surface area contributed by atoms with Gasteiger partial charge in [0.05, 0.1) is 5.92 Å². The van der Waals surface area contributed by atoms with Crippen LogP contribution in [0.4, 0.5) is 0 Å². The predicted molar refractivity (Wildman–Crippen MR) is 180 cm³/mol. The van der Waals surface area contributed by atoms with Gasteiger partial charge in [0, 0.05) is 18.5 Å². The number of amides is 4. The van der Waals surface area contributed by atoms with Crippen molar-refractivity contribution in [3.8, 4) is 0 Å². The molecule has 6 atom stereocenters. The van der Waals surface area contributed by atoms with Crippen molar-refractivity contribution in [1.82, 2.24) is 25.8 Å². The molecule has 0 aromatic carbocycles. The second kappa shape index (κ2) is 13.0. The minimum atomic E-state index is -1.09. The van der Waals surface area contributed by atoms with Gasteiger partial charge < -0.3 is 30.9 Å². The van der Waals surface area contributed by atoms with Crippen molar-refractivity contribution in [2.75, 3.05) is 26.7 Å². The highest BCUT2D eigenvalue weighted by molar-refractivity contribution is 5.96. The lowest BCUT2D eigenvalue weighted by Crippen LogP contribution is -2.63. The number of likely N-dealkylation sites (tertiary alicyclic amines) is 2. The summed E-state index contributed by atoms with van der Waals surface area (Å²) in [5.41, 5.74) is -1.62. The number of carboxylic acid groups (broad SMARTS) is 1. The lowest BCUT2D eigenvalue weighted by Gasteiger charge is -2.39. The number of hydrogen-bond donors (Lipinski definition) is 4. The quantitative estimate of drug-likeness (QED) is 0.280. The Hall–Kier alpha value is -2.69. The van der Waals surface area contributed by atoms with Crippen molar-refractivity contribution in [3.05, 3.63) is 0 Å². The molecular weight excluding hydrogens is 598 g/mol. The fourth-order valence-corrected chi connectivity index (χ4v) is 9.23. The number of piperidine rings is 1. The third kappa shape index (κ3) is 6.66. The summed E-state index contributed by atoms with van der Waals surface area (Å²) < 4.78 is 0. The molecule has 4 fully saturated rings. The average molecular weight is 660 g/mol.